The highest BCUT2D eigenvalue weighted by Gasteiger charge is 2.30. The lowest BCUT2D eigenvalue weighted by Gasteiger charge is -2.07. The van der Waals surface area contributed by atoms with Crippen LogP contribution >= 0.6 is 11.8 Å². The van der Waals surface area contributed by atoms with Gasteiger partial charge in [-0.3, -0.25) is 4.79 Å². The second kappa shape index (κ2) is 10.6. The van der Waals surface area contributed by atoms with Crippen LogP contribution in [0, 0.1) is 6.92 Å². The number of aryl methyl sites for hydroxylation is 1. The lowest BCUT2D eigenvalue weighted by molar-refractivity contribution is -0.118. The molecule has 1 unspecified atom stereocenters. The molecule has 1 N–H and O–H groups in total. The first-order chi connectivity index (χ1) is 17.6. The number of aromatic nitrogens is 2. The maximum Gasteiger partial charge on any atom is 0.239 e. The fraction of sp³-hybridized carbons (Fsp3) is 0.143. The van der Waals surface area contributed by atoms with Gasteiger partial charge in [0, 0.05) is 17.3 Å². The van der Waals surface area contributed by atoms with Crippen molar-refractivity contribution < 1.29 is 9.53 Å². The van der Waals surface area contributed by atoms with Crippen LogP contribution < -0.4 is 10.1 Å². The maximum absolute atomic E-state index is 12.5. The summed E-state index contributed by atoms with van der Waals surface area (Å²) in [7, 11) is 1.64. The molecule has 7 nitrogen and oxygen atoms in total. The largest absolute Gasteiger partial charge is 0.497 e. The van der Waals surface area contributed by atoms with Gasteiger partial charge in [-0.25, -0.2) is 4.68 Å². The van der Waals surface area contributed by atoms with Crippen LogP contribution in [0.5, 0.6) is 5.75 Å². The highest BCUT2D eigenvalue weighted by atomic mass is 32.2. The number of rotatable bonds is 7. The average molecular weight is 496 g/mol. The minimum Gasteiger partial charge on any atom is -0.497 e. The minimum absolute atomic E-state index is 0.0481. The number of carbonyl (C=O) groups is 1. The van der Waals surface area contributed by atoms with Gasteiger partial charge in [0.05, 0.1) is 24.3 Å². The van der Waals surface area contributed by atoms with Crippen LogP contribution in [0.3, 0.4) is 0 Å². The molecule has 0 radical (unpaired) electrons. The van der Waals surface area contributed by atoms with Gasteiger partial charge in [-0.05, 0) is 60.9 Å². The maximum atomic E-state index is 12.5. The smallest absolute Gasteiger partial charge is 0.239 e. The average Bonchev–Trinajstić information content (AvgIpc) is 3.49. The minimum atomic E-state index is -0.226. The van der Waals surface area contributed by atoms with Gasteiger partial charge < -0.3 is 10.1 Å². The lowest BCUT2D eigenvalue weighted by Crippen LogP contribution is -2.26. The molecule has 180 valence electrons. The fourth-order valence-corrected chi connectivity index (χ4v) is 4.89. The number of amidine groups is 1. The summed E-state index contributed by atoms with van der Waals surface area (Å²) < 4.78 is 7.10. The van der Waals surface area contributed by atoms with Gasteiger partial charge in [-0.1, -0.05) is 54.2 Å². The molecule has 1 fully saturated rings. The molecule has 4 aromatic rings. The molecule has 1 aliphatic rings. The van der Waals surface area contributed by atoms with Gasteiger partial charge in [0.25, 0.3) is 0 Å². The standard InChI is InChI=1S/C28H25N5O2S/c1-19-8-6-7-9-21(19)16-25-27(34)30-28(36-25)31-29-17-22-18-33(23-10-4-3-5-11-23)32-26(22)20-12-14-24(35-2)15-13-20/h3-15,17-18,25H,16H2,1-2H3,(H,30,31,34)/b29-17+. The molecule has 0 bridgehead atoms. The van der Waals surface area contributed by atoms with Crippen LogP contribution in [-0.4, -0.2) is 39.4 Å². The van der Waals surface area contributed by atoms with Gasteiger partial charge in [-0.2, -0.15) is 10.2 Å². The summed E-state index contributed by atoms with van der Waals surface area (Å²) in [4.78, 5) is 12.5. The normalized spacial score (nSPS) is 16.6. The van der Waals surface area contributed by atoms with E-state index in [1.165, 1.54) is 17.3 Å². The molecule has 1 aromatic heterocycles. The first-order valence-electron chi connectivity index (χ1n) is 11.5. The summed E-state index contributed by atoms with van der Waals surface area (Å²) in [6.07, 6.45) is 4.23. The lowest BCUT2D eigenvalue weighted by atomic mass is 10.0. The van der Waals surface area contributed by atoms with Crippen LogP contribution in [0.1, 0.15) is 16.7 Å². The van der Waals surface area contributed by atoms with Gasteiger partial charge in [-0.15, -0.1) is 5.10 Å². The number of methoxy groups -OCH3 is 1. The van der Waals surface area contributed by atoms with Crippen molar-refractivity contribution in [1.82, 2.24) is 15.1 Å². The van der Waals surface area contributed by atoms with E-state index in [9.17, 15) is 4.79 Å². The number of carbonyl (C=O) groups excluding carboxylic acids is 1. The molecule has 0 saturated carbocycles. The molecule has 1 amide bonds. The summed E-state index contributed by atoms with van der Waals surface area (Å²) in [5.74, 6) is 0.727. The third-order valence-corrected chi connectivity index (χ3v) is 6.99. The summed E-state index contributed by atoms with van der Waals surface area (Å²) in [5, 5.41) is 16.5. The molecular weight excluding hydrogens is 470 g/mol. The summed E-state index contributed by atoms with van der Waals surface area (Å²) >= 11 is 1.41. The Bertz CT molecular complexity index is 1430. The fourth-order valence-electron chi connectivity index (χ4n) is 3.94. The monoisotopic (exact) mass is 495 g/mol. The van der Waals surface area contributed by atoms with Crippen LogP contribution in [-0.2, 0) is 11.2 Å². The van der Waals surface area contributed by atoms with E-state index in [-0.39, 0.29) is 11.2 Å². The van der Waals surface area contributed by atoms with Crippen molar-refractivity contribution in [2.75, 3.05) is 7.11 Å². The molecule has 3 aromatic carbocycles. The number of nitrogens with one attached hydrogen (secondary N) is 1. The molecule has 36 heavy (non-hydrogen) atoms. The van der Waals surface area contributed by atoms with Gasteiger partial charge in [0.15, 0.2) is 5.17 Å². The van der Waals surface area contributed by atoms with E-state index in [0.717, 1.165) is 33.8 Å². The Kier molecular flexibility index (Phi) is 6.95. The predicted octanol–water partition coefficient (Wildman–Crippen LogP) is 5.02. The summed E-state index contributed by atoms with van der Waals surface area (Å²) in [6, 6.07) is 25.7. The Labute approximate surface area is 213 Å². The SMILES string of the molecule is COc1ccc(-c2nn(-c3ccccc3)cc2/C=N/N=C2\NC(=O)C(Cc3ccccc3C)S2)cc1. The Balaban J connectivity index is 1.38. The first-order valence-corrected chi connectivity index (χ1v) is 12.4. The molecule has 1 atom stereocenters. The quantitative estimate of drug-likeness (QED) is 0.288. The van der Waals surface area contributed by atoms with E-state index < -0.39 is 0 Å². The summed E-state index contributed by atoms with van der Waals surface area (Å²) in [5.41, 5.74) is 5.78. The topological polar surface area (TPSA) is 80.9 Å². The van der Waals surface area contributed by atoms with Crippen LogP contribution in [0.2, 0.25) is 0 Å². The number of amides is 1. The van der Waals surface area contributed by atoms with E-state index in [4.69, 9.17) is 9.84 Å². The van der Waals surface area contributed by atoms with E-state index in [0.29, 0.717) is 11.6 Å². The zero-order valence-corrected chi connectivity index (χ0v) is 20.8. The number of nitrogens with zero attached hydrogens (tertiary/aromatic N) is 4. The molecule has 5 rings (SSSR count). The van der Waals surface area contributed by atoms with E-state index >= 15 is 0 Å². The highest BCUT2D eigenvalue weighted by Crippen LogP contribution is 2.26. The first kappa shape index (κ1) is 23.6. The Hall–Kier alpha value is -4.17. The number of thioether (sulfide) groups is 1. The number of ether oxygens (including phenoxy) is 1. The molecule has 2 heterocycles. The van der Waals surface area contributed by atoms with Crippen molar-refractivity contribution in [3.05, 3.63) is 102 Å². The third-order valence-electron chi connectivity index (χ3n) is 5.92. The number of hydrogen-bond acceptors (Lipinski definition) is 6. The van der Waals surface area contributed by atoms with Crippen molar-refractivity contribution in [1.29, 1.82) is 0 Å². The Morgan fingerprint density at radius 1 is 1.06 bits per heavy atom. The van der Waals surface area contributed by atoms with E-state index in [2.05, 4.69) is 34.6 Å². The zero-order valence-electron chi connectivity index (χ0n) is 20.0. The van der Waals surface area contributed by atoms with Crippen LogP contribution in [0.15, 0.2) is 95.3 Å². The molecule has 0 spiro atoms. The van der Waals surface area contributed by atoms with Gasteiger partial charge >= 0.3 is 0 Å². The molecule has 1 saturated heterocycles. The molecule has 1 aliphatic heterocycles. The Morgan fingerprint density at radius 3 is 2.56 bits per heavy atom. The predicted molar refractivity (Wildman–Crippen MR) is 145 cm³/mol. The van der Waals surface area contributed by atoms with Gasteiger partial charge in [0.2, 0.25) is 5.91 Å². The zero-order chi connectivity index (χ0) is 24.9. The van der Waals surface area contributed by atoms with Crippen molar-refractivity contribution in [2.45, 2.75) is 18.6 Å². The molecular formula is C28H25N5O2S. The van der Waals surface area contributed by atoms with Crippen molar-refractivity contribution in [3.8, 4) is 22.7 Å². The van der Waals surface area contributed by atoms with Crippen LogP contribution in [0.25, 0.3) is 16.9 Å². The molecule has 0 aliphatic carbocycles. The number of hydrogen-bond donors (Lipinski definition) is 1. The number of para-hydroxylation sites is 1. The number of benzene rings is 3. The van der Waals surface area contributed by atoms with Gasteiger partial charge in [0.1, 0.15) is 11.4 Å². The molecule has 8 heteroatoms. The van der Waals surface area contributed by atoms with Crippen molar-refractivity contribution >= 4 is 29.1 Å². The second-order valence-electron chi connectivity index (χ2n) is 8.32. The Morgan fingerprint density at radius 2 is 1.81 bits per heavy atom. The van der Waals surface area contributed by atoms with Crippen molar-refractivity contribution in [2.24, 2.45) is 10.2 Å². The second-order valence-corrected chi connectivity index (χ2v) is 9.51. The van der Waals surface area contributed by atoms with Crippen molar-refractivity contribution in [3.63, 3.8) is 0 Å². The summed E-state index contributed by atoms with van der Waals surface area (Å²) in [6.45, 7) is 2.06. The highest BCUT2D eigenvalue weighted by molar-refractivity contribution is 8.15. The van der Waals surface area contributed by atoms with E-state index in [1.807, 2.05) is 77.6 Å². The third kappa shape index (κ3) is 5.23. The van der Waals surface area contributed by atoms with E-state index in [1.54, 1.807) is 13.3 Å². The van der Waals surface area contributed by atoms with Crippen LogP contribution in [0.4, 0.5) is 0 Å².